The van der Waals surface area contributed by atoms with Gasteiger partial charge in [0.25, 0.3) is 0 Å². The summed E-state index contributed by atoms with van der Waals surface area (Å²) in [5.41, 5.74) is 0.882. The second kappa shape index (κ2) is 6.02. The second-order valence-electron chi connectivity index (χ2n) is 2.52. The molecule has 0 aliphatic carbocycles. The van der Waals surface area contributed by atoms with Gasteiger partial charge >= 0.3 is 6.09 Å². The molecule has 1 heterocycles. The summed E-state index contributed by atoms with van der Waals surface area (Å²) in [5.74, 6) is 0.508. The van der Waals surface area contributed by atoms with Gasteiger partial charge in [-0.3, -0.25) is 0 Å². The molecule has 78 valence electrons. The van der Waals surface area contributed by atoms with Gasteiger partial charge < -0.3 is 9.64 Å². The quantitative estimate of drug-likeness (QED) is 0.678. The SMILES string of the molecule is C=CC1=C(C=C)OC(=O)N(C)C1.CC. The van der Waals surface area contributed by atoms with E-state index in [0.29, 0.717) is 12.3 Å². The number of rotatable bonds is 2. The van der Waals surface area contributed by atoms with E-state index in [1.165, 1.54) is 11.0 Å². The largest absolute Gasteiger partial charge is 0.415 e. The van der Waals surface area contributed by atoms with Crippen LogP contribution >= 0.6 is 0 Å². The van der Waals surface area contributed by atoms with Crippen molar-refractivity contribution >= 4 is 6.09 Å². The van der Waals surface area contributed by atoms with Crippen LogP contribution in [0.1, 0.15) is 13.8 Å². The van der Waals surface area contributed by atoms with E-state index in [-0.39, 0.29) is 6.09 Å². The maximum absolute atomic E-state index is 11.0. The highest BCUT2D eigenvalue weighted by Crippen LogP contribution is 2.16. The Balaban J connectivity index is 0.000000791. The highest BCUT2D eigenvalue weighted by Gasteiger charge is 2.20. The first-order chi connectivity index (χ1) is 6.69. The van der Waals surface area contributed by atoms with Crippen molar-refractivity contribution in [2.45, 2.75) is 13.8 Å². The molecule has 3 heteroatoms. The van der Waals surface area contributed by atoms with Crippen molar-refractivity contribution in [1.29, 1.82) is 0 Å². The summed E-state index contributed by atoms with van der Waals surface area (Å²) in [6.07, 6.45) is 2.83. The van der Waals surface area contributed by atoms with Gasteiger partial charge in [-0.2, -0.15) is 0 Å². The van der Waals surface area contributed by atoms with Crippen LogP contribution in [0.15, 0.2) is 36.6 Å². The molecule has 0 saturated heterocycles. The van der Waals surface area contributed by atoms with Gasteiger partial charge in [0.2, 0.25) is 0 Å². The molecule has 1 rings (SSSR count). The molecule has 0 saturated carbocycles. The maximum Gasteiger partial charge on any atom is 0.415 e. The van der Waals surface area contributed by atoms with E-state index in [2.05, 4.69) is 13.2 Å². The van der Waals surface area contributed by atoms with Crippen LogP contribution in [0.25, 0.3) is 0 Å². The van der Waals surface area contributed by atoms with Crippen LogP contribution in [0.3, 0.4) is 0 Å². The molecule has 0 unspecified atom stereocenters. The molecule has 1 amide bonds. The Morgan fingerprint density at radius 3 is 2.36 bits per heavy atom. The van der Waals surface area contributed by atoms with Gasteiger partial charge in [-0.1, -0.05) is 33.1 Å². The average molecular weight is 195 g/mol. The Morgan fingerprint density at radius 1 is 1.36 bits per heavy atom. The van der Waals surface area contributed by atoms with Crippen molar-refractivity contribution in [2.24, 2.45) is 0 Å². The Hall–Kier alpha value is -1.51. The Bertz CT molecular complexity index is 266. The Morgan fingerprint density at radius 2 is 1.93 bits per heavy atom. The number of amides is 1. The molecule has 0 N–H and O–H groups in total. The van der Waals surface area contributed by atoms with Crippen LogP contribution in [0, 0.1) is 0 Å². The first-order valence-electron chi connectivity index (χ1n) is 4.60. The molecule has 0 fully saturated rings. The van der Waals surface area contributed by atoms with E-state index >= 15 is 0 Å². The van der Waals surface area contributed by atoms with Crippen LogP contribution in [0.2, 0.25) is 0 Å². The molecular formula is C11H17NO2. The van der Waals surface area contributed by atoms with Crippen molar-refractivity contribution in [3.63, 3.8) is 0 Å². The summed E-state index contributed by atoms with van der Waals surface area (Å²) in [7, 11) is 1.67. The van der Waals surface area contributed by atoms with E-state index in [0.717, 1.165) is 5.57 Å². The number of cyclic esters (lactones) is 1. The molecule has 0 spiro atoms. The predicted molar refractivity (Wildman–Crippen MR) is 57.9 cm³/mol. The van der Waals surface area contributed by atoms with E-state index in [1.54, 1.807) is 13.1 Å². The van der Waals surface area contributed by atoms with E-state index in [9.17, 15) is 4.79 Å². The molecule has 1 aliphatic heterocycles. The third-order valence-corrected chi connectivity index (χ3v) is 1.66. The number of ether oxygens (including phenoxy) is 1. The lowest BCUT2D eigenvalue weighted by molar-refractivity contribution is 0.134. The van der Waals surface area contributed by atoms with E-state index < -0.39 is 0 Å². The lowest BCUT2D eigenvalue weighted by Gasteiger charge is -2.24. The average Bonchev–Trinajstić information content (AvgIpc) is 2.24. The predicted octanol–water partition coefficient (Wildman–Crippen LogP) is 2.72. The molecule has 0 radical (unpaired) electrons. The normalized spacial score (nSPS) is 15.4. The molecule has 3 nitrogen and oxygen atoms in total. The van der Waals surface area contributed by atoms with Gasteiger partial charge in [-0.05, 0) is 6.08 Å². The number of allylic oxidation sites excluding steroid dienone is 1. The number of carbonyl (C=O) groups excluding carboxylic acids is 1. The smallest absolute Gasteiger partial charge is 0.410 e. The van der Waals surface area contributed by atoms with Gasteiger partial charge in [0.1, 0.15) is 5.76 Å². The summed E-state index contributed by atoms with van der Waals surface area (Å²) in [6.45, 7) is 11.7. The van der Waals surface area contributed by atoms with Crippen LogP contribution in [0.4, 0.5) is 4.79 Å². The Labute approximate surface area is 85.4 Å². The van der Waals surface area contributed by atoms with Crippen molar-refractivity contribution < 1.29 is 9.53 Å². The fraction of sp³-hybridized carbons (Fsp3) is 0.364. The zero-order valence-corrected chi connectivity index (χ0v) is 9.04. The first-order valence-corrected chi connectivity index (χ1v) is 4.60. The topological polar surface area (TPSA) is 29.5 Å². The molecule has 0 aromatic rings. The minimum Gasteiger partial charge on any atom is -0.410 e. The van der Waals surface area contributed by atoms with Crippen molar-refractivity contribution in [3.05, 3.63) is 36.6 Å². The minimum absolute atomic E-state index is 0.351. The van der Waals surface area contributed by atoms with Crippen molar-refractivity contribution in [3.8, 4) is 0 Å². The molecule has 0 atom stereocenters. The molecule has 14 heavy (non-hydrogen) atoms. The number of likely N-dealkylation sites (N-methyl/N-ethyl adjacent to an activating group) is 1. The van der Waals surface area contributed by atoms with Gasteiger partial charge in [0.15, 0.2) is 0 Å². The third-order valence-electron chi connectivity index (χ3n) is 1.66. The molecule has 0 aromatic heterocycles. The third kappa shape index (κ3) is 2.76. The molecule has 1 aliphatic rings. The standard InChI is InChI=1S/C9H11NO2.C2H6/c1-4-7-6-10(3)9(11)12-8(7)5-2;1-2/h4-5H,1-2,6H2,3H3;1-2H3. The highest BCUT2D eigenvalue weighted by atomic mass is 16.6. The van der Waals surface area contributed by atoms with Crippen LogP contribution < -0.4 is 0 Å². The maximum atomic E-state index is 11.0. The highest BCUT2D eigenvalue weighted by molar-refractivity contribution is 5.71. The lowest BCUT2D eigenvalue weighted by atomic mass is 10.2. The number of carbonyl (C=O) groups is 1. The Kier molecular flexibility index (Phi) is 5.37. The molecule has 0 aromatic carbocycles. The van der Waals surface area contributed by atoms with Crippen molar-refractivity contribution in [1.82, 2.24) is 4.90 Å². The van der Waals surface area contributed by atoms with Gasteiger partial charge in [-0.25, -0.2) is 4.79 Å². The van der Waals surface area contributed by atoms with Gasteiger partial charge in [-0.15, -0.1) is 0 Å². The molecule has 0 bridgehead atoms. The molecular weight excluding hydrogens is 178 g/mol. The van der Waals surface area contributed by atoms with Gasteiger partial charge in [0.05, 0.1) is 6.54 Å². The van der Waals surface area contributed by atoms with E-state index in [1.807, 2.05) is 13.8 Å². The van der Waals surface area contributed by atoms with Crippen LogP contribution in [0.5, 0.6) is 0 Å². The fourth-order valence-electron chi connectivity index (χ4n) is 0.973. The number of hydrogen-bond acceptors (Lipinski definition) is 2. The van der Waals surface area contributed by atoms with Crippen LogP contribution in [-0.4, -0.2) is 24.6 Å². The second-order valence-corrected chi connectivity index (χ2v) is 2.52. The summed E-state index contributed by atoms with van der Waals surface area (Å²) < 4.78 is 4.93. The van der Waals surface area contributed by atoms with E-state index in [4.69, 9.17) is 4.74 Å². The summed E-state index contributed by atoms with van der Waals surface area (Å²) in [4.78, 5) is 12.5. The summed E-state index contributed by atoms with van der Waals surface area (Å²) >= 11 is 0. The number of hydrogen-bond donors (Lipinski definition) is 0. The zero-order valence-electron chi connectivity index (χ0n) is 9.04. The van der Waals surface area contributed by atoms with Crippen LogP contribution in [-0.2, 0) is 4.74 Å². The minimum atomic E-state index is -0.351. The number of nitrogens with zero attached hydrogens (tertiary/aromatic N) is 1. The summed E-state index contributed by atoms with van der Waals surface area (Å²) in [6, 6.07) is 0. The lowest BCUT2D eigenvalue weighted by Crippen LogP contribution is -2.33. The summed E-state index contributed by atoms with van der Waals surface area (Å²) in [5, 5.41) is 0. The monoisotopic (exact) mass is 195 g/mol. The van der Waals surface area contributed by atoms with Gasteiger partial charge in [0, 0.05) is 12.6 Å². The zero-order chi connectivity index (χ0) is 11.1. The first kappa shape index (κ1) is 12.5. The fourth-order valence-corrected chi connectivity index (χ4v) is 0.973. The van der Waals surface area contributed by atoms with Crippen molar-refractivity contribution in [2.75, 3.05) is 13.6 Å².